The fraction of sp³-hybridized carbons (Fsp3) is 0.889. The van der Waals surface area contributed by atoms with E-state index in [9.17, 15) is 4.79 Å². The van der Waals surface area contributed by atoms with E-state index in [1.54, 1.807) is 0 Å². The van der Waals surface area contributed by atoms with E-state index in [1.165, 1.54) is 6.42 Å². The Bertz CT molecular complexity index is 176. The van der Waals surface area contributed by atoms with Crippen LogP contribution in [-0.2, 0) is 4.79 Å². The van der Waals surface area contributed by atoms with Gasteiger partial charge in [-0.15, -0.1) is 0 Å². The Kier molecular flexibility index (Phi) is 1.72. The maximum atomic E-state index is 11.4. The number of aliphatic hydroxyl groups excluding tert-OH is 1. The Labute approximate surface area is 66.6 Å². The van der Waals surface area contributed by atoms with Gasteiger partial charge in [-0.2, -0.15) is 0 Å². The minimum absolute atomic E-state index is 0.215. The second kappa shape index (κ2) is 2.59. The van der Waals surface area contributed by atoms with Gasteiger partial charge in [0.2, 0.25) is 0 Å². The molecule has 0 aliphatic heterocycles. The first kappa shape index (κ1) is 7.29. The highest BCUT2D eigenvalue weighted by Gasteiger charge is 2.43. The van der Waals surface area contributed by atoms with Crippen LogP contribution >= 0.6 is 0 Å². The molecule has 11 heavy (non-hydrogen) atoms. The van der Waals surface area contributed by atoms with Crippen LogP contribution in [0.2, 0.25) is 0 Å². The number of Topliss-reactive ketones (excluding diaryl/α,β-unsaturated/α-hetero) is 1. The molecule has 2 aliphatic rings. The molecule has 2 bridgehead atoms. The average Bonchev–Trinajstić information content (AvgIpc) is 2.23. The predicted octanol–water partition coefficient (Wildman–Crippen LogP) is 0.984. The van der Waals surface area contributed by atoms with E-state index in [4.69, 9.17) is 5.11 Å². The molecule has 3 atom stereocenters. The van der Waals surface area contributed by atoms with Crippen LogP contribution in [0.3, 0.4) is 0 Å². The van der Waals surface area contributed by atoms with Gasteiger partial charge >= 0.3 is 0 Å². The summed E-state index contributed by atoms with van der Waals surface area (Å²) in [7, 11) is 0. The lowest BCUT2D eigenvalue weighted by molar-refractivity contribution is -0.126. The van der Waals surface area contributed by atoms with Crippen LogP contribution in [0, 0.1) is 17.8 Å². The summed E-state index contributed by atoms with van der Waals surface area (Å²) >= 11 is 0. The maximum Gasteiger partial charge on any atom is 0.139 e. The molecule has 2 fully saturated rings. The summed E-state index contributed by atoms with van der Waals surface area (Å²) in [6.07, 6.45) is 4.25. The zero-order valence-electron chi connectivity index (χ0n) is 6.62. The van der Waals surface area contributed by atoms with Gasteiger partial charge in [0.1, 0.15) is 5.78 Å². The second-order valence-electron chi connectivity index (χ2n) is 3.82. The minimum Gasteiger partial charge on any atom is -0.396 e. The number of carbonyl (C=O) groups is 1. The Morgan fingerprint density at radius 3 is 2.91 bits per heavy atom. The molecule has 0 saturated heterocycles. The van der Waals surface area contributed by atoms with E-state index in [1.807, 2.05) is 0 Å². The maximum absolute atomic E-state index is 11.4. The molecule has 2 aliphatic carbocycles. The zero-order valence-corrected chi connectivity index (χ0v) is 6.62. The number of aliphatic hydroxyl groups is 1. The SMILES string of the molecule is O=C1[C@H]2CCC[C@@H]1[C@@H](CO)C2. The molecule has 2 nitrogen and oxygen atoms in total. The van der Waals surface area contributed by atoms with E-state index in [2.05, 4.69) is 0 Å². The standard InChI is InChI=1S/C9H14O2/c10-5-7-4-6-2-1-3-8(7)9(6)11/h6-8,10H,1-5H2/t6-,7+,8+/m0/s1. The third kappa shape index (κ3) is 1.00. The van der Waals surface area contributed by atoms with Crippen LogP contribution in [0.5, 0.6) is 0 Å². The number of hydrogen-bond acceptors (Lipinski definition) is 2. The molecule has 2 heteroatoms. The molecule has 0 heterocycles. The van der Waals surface area contributed by atoms with Gasteiger partial charge in [0.05, 0.1) is 0 Å². The number of ketones is 1. The topological polar surface area (TPSA) is 37.3 Å². The van der Waals surface area contributed by atoms with Crippen LogP contribution in [-0.4, -0.2) is 17.5 Å². The Morgan fingerprint density at radius 1 is 1.45 bits per heavy atom. The van der Waals surface area contributed by atoms with Crippen molar-refractivity contribution in [3.63, 3.8) is 0 Å². The summed E-state index contributed by atoms with van der Waals surface area (Å²) in [6.45, 7) is 0.215. The second-order valence-corrected chi connectivity index (χ2v) is 3.82. The molecule has 0 spiro atoms. The van der Waals surface area contributed by atoms with Crippen LogP contribution in [0.1, 0.15) is 25.7 Å². The van der Waals surface area contributed by atoms with Gasteiger partial charge in [-0.05, 0) is 25.2 Å². The fourth-order valence-corrected chi connectivity index (χ4v) is 2.60. The van der Waals surface area contributed by atoms with Crippen molar-refractivity contribution in [3.05, 3.63) is 0 Å². The molecule has 2 rings (SSSR count). The summed E-state index contributed by atoms with van der Waals surface area (Å²) in [5.74, 6) is 1.27. The lowest BCUT2D eigenvalue weighted by Gasteiger charge is -2.18. The van der Waals surface area contributed by atoms with E-state index in [0.29, 0.717) is 17.6 Å². The number of carbonyl (C=O) groups excluding carboxylic acids is 1. The molecule has 0 unspecified atom stereocenters. The molecule has 1 N–H and O–H groups in total. The largest absolute Gasteiger partial charge is 0.396 e. The van der Waals surface area contributed by atoms with Crippen molar-refractivity contribution in [1.29, 1.82) is 0 Å². The zero-order chi connectivity index (χ0) is 7.84. The highest BCUT2D eigenvalue weighted by Crippen LogP contribution is 2.42. The number of hydrogen-bond donors (Lipinski definition) is 1. The molecular formula is C9H14O2. The van der Waals surface area contributed by atoms with Gasteiger partial charge < -0.3 is 5.11 Å². The summed E-state index contributed by atoms with van der Waals surface area (Å²) < 4.78 is 0. The predicted molar refractivity (Wildman–Crippen MR) is 41.0 cm³/mol. The van der Waals surface area contributed by atoms with Gasteiger partial charge in [-0.25, -0.2) is 0 Å². The van der Waals surface area contributed by atoms with Crippen molar-refractivity contribution in [2.75, 3.05) is 6.61 Å². The molecule has 0 aromatic rings. The van der Waals surface area contributed by atoms with Crippen molar-refractivity contribution in [2.24, 2.45) is 17.8 Å². The normalized spacial score (nSPS) is 43.0. The first-order valence-electron chi connectivity index (χ1n) is 4.47. The molecule has 0 radical (unpaired) electrons. The van der Waals surface area contributed by atoms with Crippen molar-refractivity contribution < 1.29 is 9.90 Å². The Balaban J connectivity index is 2.16. The van der Waals surface area contributed by atoms with Gasteiger partial charge in [0.25, 0.3) is 0 Å². The quantitative estimate of drug-likeness (QED) is 0.611. The first-order valence-corrected chi connectivity index (χ1v) is 4.47. The smallest absolute Gasteiger partial charge is 0.139 e. The van der Waals surface area contributed by atoms with E-state index in [0.717, 1.165) is 19.3 Å². The molecule has 0 aromatic heterocycles. The third-order valence-corrected chi connectivity index (χ3v) is 3.23. The average molecular weight is 154 g/mol. The Morgan fingerprint density at radius 2 is 2.27 bits per heavy atom. The summed E-state index contributed by atoms with van der Waals surface area (Å²) in [5, 5.41) is 8.98. The monoisotopic (exact) mass is 154 g/mol. The lowest BCUT2D eigenvalue weighted by atomic mass is 9.86. The highest BCUT2D eigenvalue weighted by molar-refractivity contribution is 5.86. The van der Waals surface area contributed by atoms with Crippen molar-refractivity contribution in [3.8, 4) is 0 Å². The molecule has 2 saturated carbocycles. The van der Waals surface area contributed by atoms with E-state index >= 15 is 0 Å². The first-order chi connectivity index (χ1) is 5.33. The summed E-state index contributed by atoms with van der Waals surface area (Å²) in [4.78, 5) is 11.4. The minimum atomic E-state index is 0.215. The van der Waals surface area contributed by atoms with Gasteiger partial charge in [0.15, 0.2) is 0 Å². The lowest BCUT2D eigenvalue weighted by Crippen LogP contribution is -2.22. The van der Waals surface area contributed by atoms with Crippen LogP contribution < -0.4 is 0 Å². The van der Waals surface area contributed by atoms with E-state index in [-0.39, 0.29) is 12.5 Å². The van der Waals surface area contributed by atoms with Crippen molar-refractivity contribution >= 4 is 5.78 Å². The summed E-state index contributed by atoms with van der Waals surface area (Å²) in [5.41, 5.74) is 0. The summed E-state index contributed by atoms with van der Waals surface area (Å²) in [6, 6.07) is 0. The van der Waals surface area contributed by atoms with Gasteiger partial charge in [0, 0.05) is 18.4 Å². The number of fused-ring (bicyclic) bond motifs is 2. The highest BCUT2D eigenvalue weighted by atomic mass is 16.3. The van der Waals surface area contributed by atoms with Crippen molar-refractivity contribution in [2.45, 2.75) is 25.7 Å². The van der Waals surface area contributed by atoms with Gasteiger partial charge in [-0.3, -0.25) is 4.79 Å². The fourth-order valence-electron chi connectivity index (χ4n) is 2.60. The van der Waals surface area contributed by atoms with Crippen LogP contribution in [0.15, 0.2) is 0 Å². The van der Waals surface area contributed by atoms with E-state index < -0.39 is 0 Å². The third-order valence-electron chi connectivity index (χ3n) is 3.23. The molecule has 0 amide bonds. The molecule has 62 valence electrons. The number of rotatable bonds is 1. The van der Waals surface area contributed by atoms with Crippen molar-refractivity contribution in [1.82, 2.24) is 0 Å². The van der Waals surface area contributed by atoms with Gasteiger partial charge in [-0.1, -0.05) is 6.42 Å². The Hall–Kier alpha value is -0.370. The molecule has 0 aromatic carbocycles. The van der Waals surface area contributed by atoms with Crippen LogP contribution in [0.4, 0.5) is 0 Å². The molecular weight excluding hydrogens is 140 g/mol. The van der Waals surface area contributed by atoms with Crippen LogP contribution in [0.25, 0.3) is 0 Å².